The number of fused-ring (bicyclic) bond motifs is 1. The number of rotatable bonds is 7. The molecule has 2 rings (SSSR count). The summed E-state index contributed by atoms with van der Waals surface area (Å²) in [6.07, 6.45) is 0.967. The topological polar surface area (TPSA) is 64.0 Å². The third-order valence-corrected chi connectivity index (χ3v) is 5.09. The molecule has 1 N–H and O–H groups in total. The fraction of sp³-hybridized carbons (Fsp3) is 0.533. The molecule has 2 heterocycles. The van der Waals surface area contributed by atoms with E-state index in [1.54, 1.807) is 4.57 Å². The maximum atomic E-state index is 12.4. The third-order valence-electron chi connectivity index (χ3n) is 3.22. The van der Waals surface area contributed by atoms with Gasteiger partial charge in [-0.1, -0.05) is 25.6 Å². The number of aromatic nitrogens is 2. The number of thiophene rings is 1. The van der Waals surface area contributed by atoms with Gasteiger partial charge in [-0.05, 0) is 30.7 Å². The highest BCUT2D eigenvalue weighted by Gasteiger charge is 2.13. The molecule has 0 radical (unpaired) electrons. The first kappa shape index (κ1) is 17.0. The van der Waals surface area contributed by atoms with Crippen LogP contribution in [0.15, 0.2) is 21.4 Å². The quantitative estimate of drug-likeness (QED) is 0.622. The molecule has 2 aromatic heterocycles. The zero-order valence-electron chi connectivity index (χ0n) is 13.1. The number of hydrogen-bond acceptors (Lipinski definition) is 5. The van der Waals surface area contributed by atoms with Gasteiger partial charge in [-0.3, -0.25) is 14.2 Å². The van der Waals surface area contributed by atoms with Crippen LogP contribution in [0.1, 0.15) is 27.2 Å². The maximum Gasteiger partial charge on any atom is 0.272 e. The normalized spacial score (nSPS) is 11.3. The minimum Gasteiger partial charge on any atom is -0.355 e. The second kappa shape index (κ2) is 7.78. The van der Waals surface area contributed by atoms with Crippen LogP contribution in [0.25, 0.3) is 10.2 Å². The molecule has 0 saturated carbocycles. The molecule has 0 saturated heterocycles. The summed E-state index contributed by atoms with van der Waals surface area (Å²) in [4.78, 5) is 28.7. The van der Waals surface area contributed by atoms with Crippen molar-refractivity contribution in [1.82, 2.24) is 14.9 Å². The van der Waals surface area contributed by atoms with Crippen LogP contribution < -0.4 is 10.9 Å². The molecule has 0 spiro atoms. The van der Waals surface area contributed by atoms with E-state index in [0.717, 1.165) is 6.42 Å². The summed E-state index contributed by atoms with van der Waals surface area (Å²) in [5.74, 6) is 0.828. The fourth-order valence-electron chi connectivity index (χ4n) is 1.99. The Morgan fingerprint density at radius 3 is 2.95 bits per heavy atom. The summed E-state index contributed by atoms with van der Waals surface area (Å²) in [7, 11) is 0. The number of hydrogen-bond donors (Lipinski definition) is 1. The first-order valence-electron chi connectivity index (χ1n) is 7.40. The van der Waals surface area contributed by atoms with Crippen LogP contribution in [-0.2, 0) is 11.3 Å². The van der Waals surface area contributed by atoms with E-state index in [-0.39, 0.29) is 17.2 Å². The van der Waals surface area contributed by atoms with Crippen LogP contribution in [-0.4, -0.2) is 27.8 Å². The number of amides is 1. The van der Waals surface area contributed by atoms with Crippen molar-refractivity contribution in [1.29, 1.82) is 0 Å². The molecule has 5 nitrogen and oxygen atoms in total. The molecule has 22 heavy (non-hydrogen) atoms. The smallest absolute Gasteiger partial charge is 0.272 e. The molecule has 7 heteroatoms. The summed E-state index contributed by atoms with van der Waals surface area (Å²) >= 11 is 2.72. The van der Waals surface area contributed by atoms with Crippen LogP contribution in [0, 0.1) is 5.92 Å². The van der Waals surface area contributed by atoms with Crippen molar-refractivity contribution in [3.8, 4) is 0 Å². The number of carbonyl (C=O) groups excluding carboxylic acids is 1. The zero-order valence-corrected chi connectivity index (χ0v) is 14.7. The fourth-order valence-corrected chi connectivity index (χ4v) is 3.67. The van der Waals surface area contributed by atoms with Gasteiger partial charge in [-0.25, -0.2) is 4.98 Å². The number of thioether (sulfide) groups is 1. The van der Waals surface area contributed by atoms with Gasteiger partial charge in [0, 0.05) is 13.1 Å². The van der Waals surface area contributed by atoms with Crippen molar-refractivity contribution in [3.05, 3.63) is 21.8 Å². The summed E-state index contributed by atoms with van der Waals surface area (Å²) in [5.41, 5.74) is 0.688. The van der Waals surface area contributed by atoms with Gasteiger partial charge in [-0.15, -0.1) is 11.3 Å². The SMILES string of the molecule is CCn1c(SCC(=O)NCCC(C)C)nc2ccsc2c1=O. The van der Waals surface area contributed by atoms with Gasteiger partial charge in [0.2, 0.25) is 5.91 Å². The van der Waals surface area contributed by atoms with Crippen LogP contribution >= 0.6 is 23.1 Å². The average Bonchev–Trinajstić information content (AvgIpc) is 2.93. The van der Waals surface area contributed by atoms with Crippen molar-refractivity contribution in [2.75, 3.05) is 12.3 Å². The van der Waals surface area contributed by atoms with Crippen molar-refractivity contribution < 1.29 is 4.79 Å². The highest BCUT2D eigenvalue weighted by atomic mass is 32.2. The molecular formula is C15H21N3O2S2. The Balaban J connectivity index is 2.05. The second-order valence-corrected chi connectivity index (χ2v) is 7.26. The lowest BCUT2D eigenvalue weighted by Crippen LogP contribution is -2.28. The van der Waals surface area contributed by atoms with E-state index >= 15 is 0 Å². The molecule has 0 aromatic carbocycles. The van der Waals surface area contributed by atoms with Gasteiger partial charge in [0.25, 0.3) is 5.56 Å². The lowest BCUT2D eigenvalue weighted by Gasteiger charge is -2.10. The lowest BCUT2D eigenvalue weighted by molar-refractivity contribution is -0.118. The first-order chi connectivity index (χ1) is 10.5. The maximum absolute atomic E-state index is 12.4. The molecular weight excluding hydrogens is 318 g/mol. The summed E-state index contributed by atoms with van der Waals surface area (Å²) in [5, 5.41) is 5.37. The van der Waals surface area contributed by atoms with E-state index in [0.29, 0.717) is 34.4 Å². The van der Waals surface area contributed by atoms with Crippen LogP contribution in [0.2, 0.25) is 0 Å². The first-order valence-corrected chi connectivity index (χ1v) is 9.27. The monoisotopic (exact) mass is 339 g/mol. The molecule has 1 amide bonds. The second-order valence-electron chi connectivity index (χ2n) is 5.40. The van der Waals surface area contributed by atoms with Crippen LogP contribution in [0.3, 0.4) is 0 Å². The Kier molecular flexibility index (Phi) is 6.02. The third kappa shape index (κ3) is 4.10. The Morgan fingerprint density at radius 1 is 1.50 bits per heavy atom. The Labute approximate surface area is 138 Å². The van der Waals surface area contributed by atoms with Crippen molar-refractivity contribution >= 4 is 39.2 Å². The molecule has 0 aliphatic carbocycles. The lowest BCUT2D eigenvalue weighted by atomic mass is 10.1. The van der Waals surface area contributed by atoms with E-state index in [4.69, 9.17) is 0 Å². The van der Waals surface area contributed by atoms with Gasteiger partial charge in [0.1, 0.15) is 4.70 Å². The van der Waals surface area contributed by atoms with Gasteiger partial charge in [0.05, 0.1) is 11.3 Å². The number of nitrogens with one attached hydrogen (secondary N) is 1. The summed E-state index contributed by atoms with van der Waals surface area (Å²) in [6, 6.07) is 1.84. The molecule has 0 aliphatic heterocycles. The van der Waals surface area contributed by atoms with Crippen molar-refractivity contribution in [2.24, 2.45) is 5.92 Å². The van der Waals surface area contributed by atoms with Gasteiger partial charge < -0.3 is 5.32 Å². The number of carbonyl (C=O) groups is 1. The van der Waals surface area contributed by atoms with Crippen LogP contribution in [0.5, 0.6) is 0 Å². The minimum absolute atomic E-state index is 0.0204. The van der Waals surface area contributed by atoms with Crippen molar-refractivity contribution in [2.45, 2.75) is 38.9 Å². The van der Waals surface area contributed by atoms with Gasteiger partial charge >= 0.3 is 0 Å². The van der Waals surface area contributed by atoms with E-state index in [1.807, 2.05) is 18.4 Å². The minimum atomic E-state index is -0.0229. The molecule has 0 fully saturated rings. The van der Waals surface area contributed by atoms with Gasteiger partial charge in [-0.2, -0.15) is 0 Å². The standard InChI is InChI=1S/C15H21N3O2S2/c1-4-18-14(20)13-11(6-8-21-13)17-15(18)22-9-12(19)16-7-5-10(2)3/h6,8,10H,4-5,7,9H2,1-3H3,(H,16,19). The van der Waals surface area contributed by atoms with E-state index in [2.05, 4.69) is 24.1 Å². The van der Waals surface area contributed by atoms with Crippen LogP contribution in [0.4, 0.5) is 0 Å². The van der Waals surface area contributed by atoms with Gasteiger partial charge in [0.15, 0.2) is 5.16 Å². The molecule has 0 aliphatic rings. The Bertz CT molecular complexity index is 706. The predicted molar refractivity (Wildman–Crippen MR) is 92.7 cm³/mol. The highest BCUT2D eigenvalue weighted by Crippen LogP contribution is 2.20. The molecule has 0 bridgehead atoms. The highest BCUT2D eigenvalue weighted by molar-refractivity contribution is 7.99. The molecule has 2 aromatic rings. The molecule has 120 valence electrons. The Hall–Kier alpha value is -1.34. The Morgan fingerprint density at radius 2 is 2.27 bits per heavy atom. The number of nitrogens with zero attached hydrogens (tertiary/aromatic N) is 2. The van der Waals surface area contributed by atoms with E-state index in [1.165, 1.54) is 23.1 Å². The van der Waals surface area contributed by atoms with E-state index < -0.39 is 0 Å². The molecule has 0 unspecified atom stereocenters. The van der Waals surface area contributed by atoms with E-state index in [9.17, 15) is 9.59 Å². The predicted octanol–water partition coefficient (Wildman–Crippen LogP) is 2.73. The molecule has 0 atom stereocenters. The largest absolute Gasteiger partial charge is 0.355 e. The zero-order chi connectivity index (χ0) is 16.1. The average molecular weight is 339 g/mol. The summed E-state index contributed by atoms with van der Waals surface area (Å²) in [6.45, 7) is 7.41. The summed E-state index contributed by atoms with van der Waals surface area (Å²) < 4.78 is 2.30. The van der Waals surface area contributed by atoms with Crippen molar-refractivity contribution in [3.63, 3.8) is 0 Å².